The molecule has 11 N–H and O–H groups in total. The first-order valence-electron chi connectivity index (χ1n) is 41.9. The first-order chi connectivity index (χ1) is 65.6. The van der Waals surface area contributed by atoms with Crippen LogP contribution >= 0.6 is 86.6 Å². The number of nitrogens with one attached hydrogen (secondary N) is 3. The number of halogens is 7. The number of nitrogen functional groups attached to an aromatic ring is 1. The van der Waals surface area contributed by atoms with Crippen molar-refractivity contribution in [3.05, 3.63) is 301 Å². The number of amides is 3. The van der Waals surface area contributed by atoms with Gasteiger partial charge in [-0.25, -0.2) is 43.8 Å². The Morgan fingerprint density at radius 2 is 0.826 bits per heavy atom. The molecular formula is C97H84BrCl6N13O21. The van der Waals surface area contributed by atoms with Gasteiger partial charge in [0.15, 0.2) is 22.9 Å². The molecule has 2 aromatic heterocycles. The molecule has 0 atom stereocenters. The van der Waals surface area contributed by atoms with Crippen molar-refractivity contribution in [1.82, 2.24) is 25.0 Å². The van der Waals surface area contributed by atoms with E-state index in [0.29, 0.717) is 94.6 Å². The van der Waals surface area contributed by atoms with Crippen LogP contribution in [0.2, 0.25) is 0 Å². The lowest BCUT2D eigenvalue weighted by Gasteiger charge is -2.24. The highest BCUT2D eigenvalue weighted by atomic mass is 79.9. The summed E-state index contributed by atoms with van der Waals surface area (Å²) in [7, 11) is 0. The lowest BCUT2D eigenvalue weighted by molar-refractivity contribution is -0.116. The van der Waals surface area contributed by atoms with Gasteiger partial charge in [-0.3, -0.25) is 24.6 Å². The Bertz CT molecular complexity index is 6780. The molecule has 8 heterocycles. The summed E-state index contributed by atoms with van der Waals surface area (Å²) in [6, 6.07) is 63.4. The fourth-order valence-electron chi connectivity index (χ4n) is 14.6. The molecule has 0 aliphatic carbocycles. The van der Waals surface area contributed by atoms with Crippen LogP contribution in [0.5, 0.6) is 46.0 Å². The van der Waals surface area contributed by atoms with Gasteiger partial charge < -0.3 is 69.5 Å². The van der Waals surface area contributed by atoms with Crippen LogP contribution in [0.15, 0.2) is 260 Å². The molecule has 3 amide bonds. The van der Waals surface area contributed by atoms with Gasteiger partial charge in [0.25, 0.3) is 17.0 Å². The quantitative estimate of drug-likeness (QED) is 0.0141. The van der Waals surface area contributed by atoms with Crippen molar-refractivity contribution in [3.63, 3.8) is 0 Å². The smallest absolute Gasteiger partial charge is 0.433 e. The van der Waals surface area contributed by atoms with E-state index in [2.05, 4.69) is 47.2 Å². The van der Waals surface area contributed by atoms with E-state index in [1.54, 1.807) is 129 Å². The Balaban J connectivity index is 0.000000145. The van der Waals surface area contributed by atoms with Crippen LogP contribution < -0.4 is 56.0 Å². The third-order valence-electron chi connectivity index (χ3n) is 21.3. The van der Waals surface area contributed by atoms with Crippen molar-refractivity contribution in [2.24, 2.45) is 25.6 Å². The lowest BCUT2D eigenvalue weighted by atomic mass is 10.0. The number of carboxylic acids is 3. The summed E-state index contributed by atoms with van der Waals surface area (Å²) in [6.45, 7) is 7.56. The number of azo groups is 2. The third kappa shape index (κ3) is 25.1. The van der Waals surface area contributed by atoms with Crippen LogP contribution in [0.25, 0.3) is 44.8 Å². The summed E-state index contributed by atoms with van der Waals surface area (Å²) in [5.41, 5.74) is 21.0. The Kier molecular flexibility index (Phi) is 32.6. The number of benzene rings is 11. The number of carbonyl (C=O) groups is 6. The number of aromatic carboxylic acids is 3. The maximum absolute atomic E-state index is 13.0. The van der Waals surface area contributed by atoms with Gasteiger partial charge in [-0.15, -0.1) is 37.4 Å². The van der Waals surface area contributed by atoms with Gasteiger partial charge >= 0.3 is 30.1 Å². The van der Waals surface area contributed by atoms with Crippen molar-refractivity contribution in [3.8, 4) is 90.8 Å². The largest absolute Gasteiger partial charge is 0.505 e. The number of aromatic nitrogens is 4. The second-order valence-corrected chi connectivity index (χ2v) is 35.9. The van der Waals surface area contributed by atoms with Crippen molar-refractivity contribution < 1.29 is 92.6 Å². The maximum atomic E-state index is 13.0. The van der Waals surface area contributed by atoms with Gasteiger partial charge in [0.1, 0.15) is 59.1 Å². The standard InChI is InChI=1S/2C25H20N4O5.C14H12Cl6N2O5.C13H11NO3.C12H12N2O2.C8H8O.BrH/c2*1-14-22(24(31)29(28-14)18-8-9-21-16(13-18)10-11-34-21)27-26-20-7-3-6-19(23(20)30)15-4-2-5-17(12-15)25(32)33;15-13(16,17)6-26-11(23)21-22(12(24)27-7-14(18,19)20)9-1-2-10-8(5-9)3-4-25-10;14-11-6-2-5-10(12(11)15)8-3-1-4-9(7-8)13(16)17;1-8-6-12(15)14(13-8)10-2-3-11-9(7-10)4-5-16-11;1-2-4-8-7(3-1)5-6-9-8;/h2*2-9,12-13,28,30H,10-11H2,1H3,(H,32,33);1-2,5H,3-4,6-7H2,(H,21,23);1-7,15H,14H2,(H,16,17);2-3,7H,4-6H2,1H3;1-4H,5-6H2;1H. The summed E-state index contributed by atoms with van der Waals surface area (Å²) in [4.78, 5) is 95.4. The first-order valence-corrected chi connectivity index (χ1v) is 44.2. The number of phenols is 3. The van der Waals surface area contributed by atoms with Gasteiger partial charge in [0.05, 0.1) is 96.0 Å². The molecule has 6 aliphatic heterocycles. The van der Waals surface area contributed by atoms with Crippen LogP contribution in [0.4, 0.5) is 49.4 Å². The molecule has 34 nitrogen and oxygen atoms in total. The number of carboxylic acid groups (broad SMARTS) is 3. The zero-order valence-electron chi connectivity index (χ0n) is 73.1. The molecule has 712 valence electrons. The number of hydrogen-bond acceptors (Lipinski definition) is 24. The number of nitrogens with two attached hydrogens (primary N) is 1. The minimum atomic E-state index is -1.83. The molecule has 0 fully saturated rings. The van der Waals surface area contributed by atoms with E-state index in [4.69, 9.17) is 114 Å². The monoisotopic (exact) mass is 2060 g/mol. The predicted octanol–water partition coefficient (Wildman–Crippen LogP) is 21.0. The van der Waals surface area contributed by atoms with Crippen molar-refractivity contribution >= 4 is 168 Å². The number of H-pyrrole nitrogens is 2. The Morgan fingerprint density at radius 3 is 1.25 bits per heavy atom. The molecule has 19 rings (SSSR count). The molecule has 0 bridgehead atoms. The van der Waals surface area contributed by atoms with Crippen molar-refractivity contribution in [2.75, 3.05) is 62.0 Å². The van der Waals surface area contributed by atoms with Crippen LogP contribution in [-0.4, -0.2) is 146 Å². The second-order valence-electron chi connectivity index (χ2n) is 30.9. The number of anilines is 3. The number of carbonyl (C=O) groups excluding carboxylic acids is 3. The minimum absolute atomic E-state index is 0. The highest BCUT2D eigenvalue weighted by Gasteiger charge is 2.32. The van der Waals surface area contributed by atoms with E-state index in [1.807, 2.05) is 67.6 Å². The number of nitrogens with zero attached hydrogens (tertiary/aromatic N) is 9. The normalized spacial score (nSPS) is 13.2. The number of aryl methyl sites for hydroxylation is 2. The van der Waals surface area contributed by atoms with Gasteiger partial charge in [0, 0.05) is 54.5 Å². The van der Waals surface area contributed by atoms with Crippen molar-refractivity contribution in [1.29, 1.82) is 0 Å². The number of aromatic hydroxyl groups is 3. The van der Waals surface area contributed by atoms with E-state index in [9.17, 15) is 63.9 Å². The molecule has 0 radical (unpaired) electrons. The molecule has 0 saturated heterocycles. The number of hydrazine groups is 1. The highest BCUT2D eigenvalue weighted by Crippen LogP contribution is 2.43. The fraction of sp³-hybridized carbons (Fsp3) is 0.186. The topological polar surface area (TPSA) is 470 Å². The van der Waals surface area contributed by atoms with Gasteiger partial charge in [-0.1, -0.05) is 161 Å². The molecule has 0 unspecified atom stereocenters. The number of phenolic OH excluding ortho intramolecular Hbond substituents is 3. The summed E-state index contributed by atoms with van der Waals surface area (Å²) >= 11 is 33.3. The zero-order chi connectivity index (χ0) is 97.5. The van der Waals surface area contributed by atoms with Crippen LogP contribution in [-0.2, 0) is 46.4 Å². The van der Waals surface area contributed by atoms with Crippen LogP contribution in [0.3, 0.4) is 0 Å². The van der Waals surface area contributed by atoms with E-state index in [-0.39, 0.29) is 102 Å². The minimum Gasteiger partial charge on any atom is -0.505 e. The number of hydrazone groups is 1. The molecule has 11 aromatic carbocycles. The number of fused-ring (bicyclic) bond motifs is 5. The predicted molar refractivity (Wildman–Crippen MR) is 526 cm³/mol. The van der Waals surface area contributed by atoms with Crippen LogP contribution in [0, 0.1) is 13.8 Å². The molecule has 41 heteroatoms. The molecule has 6 aliphatic rings. The van der Waals surface area contributed by atoms with Gasteiger partial charge in [0.2, 0.25) is 7.59 Å². The molecular weight excluding hydrogens is 1980 g/mol. The van der Waals surface area contributed by atoms with E-state index < -0.39 is 50.9 Å². The SMILES string of the molecule is Br.CC1=NN(c2ccc3c(c2)CCO3)C(=O)C1.Cc1[nH]n(-c2ccc3c(c2)CCO3)c(=O)c1N=Nc1cccc(-c2cccc(C(=O)O)c2)c1O.Cc1[nH]n(-c2ccc3c(c2)CCO3)c(=O)c1N=Nc1cccc(-c2cccc(C(=O)O)c2)c1O.Nc1cccc(-c2cccc(C(=O)O)c2)c1O.O=C(NN(C(=O)OCC(Cl)(Cl)Cl)c1ccc2c(c1)CCO2)OCC(Cl)(Cl)Cl.c1ccc2c(c1)CCO2. The molecule has 138 heavy (non-hydrogen) atoms. The summed E-state index contributed by atoms with van der Waals surface area (Å²) < 4.78 is 36.0. The van der Waals surface area contributed by atoms with Gasteiger partial charge in [-0.05, 0) is 199 Å². The Morgan fingerprint density at radius 1 is 0.449 bits per heavy atom. The molecule has 0 saturated carbocycles. The Labute approximate surface area is 826 Å². The van der Waals surface area contributed by atoms with Crippen molar-refractivity contribution in [2.45, 2.75) is 66.9 Å². The van der Waals surface area contributed by atoms with E-state index in [0.717, 1.165) is 101 Å². The van der Waals surface area contributed by atoms with E-state index >= 15 is 0 Å². The molecule has 0 spiro atoms. The zero-order valence-corrected chi connectivity index (χ0v) is 79.4. The number of ether oxygens (including phenoxy) is 7. The number of alkyl halides is 6. The summed E-state index contributed by atoms with van der Waals surface area (Å²) in [5, 5.41) is 87.7. The van der Waals surface area contributed by atoms with E-state index in [1.165, 1.54) is 62.4 Å². The third-order valence-corrected chi connectivity index (χ3v) is 21.9. The lowest BCUT2D eigenvalue weighted by Crippen LogP contribution is -2.48. The first kappa shape index (κ1) is 101. The number of rotatable bonds is 16. The fourth-order valence-corrected chi connectivity index (χ4v) is 15.0. The average molecular weight is 2060 g/mol. The number of aromatic amines is 2. The summed E-state index contributed by atoms with van der Waals surface area (Å²) in [5.74, 6) is 0.859. The average Bonchev–Trinajstić information content (AvgIpc) is 1.66. The number of para-hydroxylation sites is 4. The molecule has 13 aromatic rings. The van der Waals surface area contributed by atoms with Crippen LogP contribution in [0.1, 0.15) is 83.6 Å². The Hall–Kier alpha value is -14.9. The maximum Gasteiger partial charge on any atom is 0.433 e. The number of hydrogen-bond donors (Lipinski definition) is 10. The second kappa shape index (κ2) is 44.8. The highest BCUT2D eigenvalue weighted by molar-refractivity contribution is 8.93. The van der Waals surface area contributed by atoms with Gasteiger partial charge in [-0.2, -0.15) is 10.1 Å². The summed E-state index contributed by atoms with van der Waals surface area (Å²) in [6.07, 6.45) is 2.54.